The number of rotatable bonds is 4. The van der Waals surface area contributed by atoms with E-state index in [1.807, 2.05) is 13.8 Å². The summed E-state index contributed by atoms with van der Waals surface area (Å²) in [6.45, 7) is 11.8. The summed E-state index contributed by atoms with van der Waals surface area (Å²) in [5, 5.41) is 19.1. The number of benzene rings is 2. The molecule has 1 aromatic heterocycles. The summed E-state index contributed by atoms with van der Waals surface area (Å²) in [6.07, 6.45) is 0. The van der Waals surface area contributed by atoms with Gasteiger partial charge in [0.05, 0.1) is 22.8 Å². The van der Waals surface area contributed by atoms with Crippen LogP contribution in [0.5, 0.6) is 11.5 Å². The van der Waals surface area contributed by atoms with Crippen molar-refractivity contribution in [2.45, 2.75) is 13.8 Å². The Kier molecular flexibility index (Phi) is 4.59. The maximum absolute atomic E-state index is 9.55. The number of aromatic hydroxyl groups is 2. The zero-order valence-corrected chi connectivity index (χ0v) is 14.8. The second-order valence-electron chi connectivity index (χ2n) is 6.27. The maximum Gasteiger partial charge on any atom is 0.115 e. The third kappa shape index (κ3) is 3.35. The van der Waals surface area contributed by atoms with Gasteiger partial charge in [-0.2, -0.15) is 0 Å². The number of hydrogen-bond acceptors (Lipinski definition) is 4. The molecule has 0 saturated heterocycles. The number of allylic oxidation sites excluding steroid dienone is 2. The lowest BCUT2D eigenvalue weighted by Crippen LogP contribution is -2.03. The van der Waals surface area contributed by atoms with E-state index in [0.29, 0.717) is 22.8 Å². The second kappa shape index (κ2) is 6.84. The summed E-state index contributed by atoms with van der Waals surface area (Å²) < 4.78 is 0. The average molecular weight is 344 g/mol. The van der Waals surface area contributed by atoms with Crippen LogP contribution in [0.1, 0.15) is 25.2 Å². The predicted molar refractivity (Wildman–Crippen MR) is 106 cm³/mol. The fourth-order valence-corrected chi connectivity index (χ4v) is 2.67. The van der Waals surface area contributed by atoms with Crippen LogP contribution in [0.15, 0.2) is 61.7 Å². The van der Waals surface area contributed by atoms with E-state index in [-0.39, 0.29) is 11.5 Å². The number of hydrogen-bond donors (Lipinski definition) is 2. The highest BCUT2D eigenvalue weighted by Crippen LogP contribution is 2.33. The van der Waals surface area contributed by atoms with E-state index in [9.17, 15) is 10.2 Å². The molecule has 0 aliphatic carbocycles. The molecule has 130 valence electrons. The molecule has 1 heterocycles. The van der Waals surface area contributed by atoms with Gasteiger partial charge in [-0.05, 0) is 73.5 Å². The molecular weight excluding hydrogens is 324 g/mol. The Morgan fingerprint density at radius 3 is 1.23 bits per heavy atom. The van der Waals surface area contributed by atoms with Crippen LogP contribution in [-0.4, -0.2) is 20.2 Å². The van der Waals surface area contributed by atoms with E-state index in [4.69, 9.17) is 9.97 Å². The minimum absolute atomic E-state index is 0.194. The Balaban J connectivity index is 2.28. The monoisotopic (exact) mass is 344 g/mol. The zero-order valence-electron chi connectivity index (χ0n) is 14.8. The Morgan fingerprint density at radius 2 is 0.962 bits per heavy atom. The molecule has 0 radical (unpaired) electrons. The molecule has 0 saturated carbocycles. The summed E-state index contributed by atoms with van der Waals surface area (Å²) in [7, 11) is 0. The van der Waals surface area contributed by atoms with E-state index >= 15 is 0 Å². The van der Waals surface area contributed by atoms with Crippen LogP contribution in [0.25, 0.3) is 33.7 Å². The lowest BCUT2D eigenvalue weighted by molar-refractivity contribution is 0.475. The molecular formula is C22H20N2O2. The number of aromatic nitrogens is 2. The van der Waals surface area contributed by atoms with Crippen molar-refractivity contribution in [1.82, 2.24) is 9.97 Å². The Hall–Kier alpha value is -3.40. The molecule has 0 aliphatic heterocycles. The van der Waals surface area contributed by atoms with Gasteiger partial charge < -0.3 is 10.2 Å². The van der Waals surface area contributed by atoms with E-state index in [0.717, 1.165) is 22.3 Å². The van der Waals surface area contributed by atoms with Crippen LogP contribution in [0, 0.1) is 0 Å². The molecule has 2 aromatic carbocycles. The molecule has 0 fully saturated rings. The molecule has 0 spiro atoms. The van der Waals surface area contributed by atoms with Gasteiger partial charge in [-0.1, -0.05) is 13.2 Å². The van der Waals surface area contributed by atoms with E-state index in [2.05, 4.69) is 13.2 Å². The predicted octanol–water partition coefficient (Wildman–Crippen LogP) is 5.29. The van der Waals surface area contributed by atoms with Gasteiger partial charge in [-0.15, -0.1) is 0 Å². The van der Waals surface area contributed by atoms with Crippen molar-refractivity contribution in [2.75, 3.05) is 0 Å². The summed E-state index contributed by atoms with van der Waals surface area (Å²) in [5.41, 5.74) is 6.01. The van der Waals surface area contributed by atoms with E-state index < -0.39 is 0 Å². The highest BCUT2D eigenvalue weighted by Gasteiger charge is 2.17. The van der Waals surface area contributed by atoms with Crippen LogP contribution in [-0.2, 0) is 0 Å². The van der Waals surface area contributed by atoms with Crippen molar-refractivity contribution >= 4 is 11.1 Å². The molecule has 3 aromatic rings. The highest BCUT2D eigenvalue weighted by atomic mass is 16.3. The summed E-state index contributed by atoms with van der Waals surface area (Å²) in [5.74, 6) is 0.388. The lowest BCUT2D eigenvalue weighted by Gasteiger charge is -2.15. The van der Waals surface area contributed by atoms with E-state index in [1.54, 1.807) is 48.5 Å². The van der Waals surface area contributed by atoms with Crippen LogP contribution < -0.4 is 0 Å². The first-order valence-corrected chi connectivity index (χ1v) is 8.19. The first-order chi connectivity index (χ1) is 12.4. The van der Waals surface area contributed by atoms with Gasteiger partial charge in [0.2, 0.25) is 0 Å². The van der Waals surface area contributed by atoms with Gasteiger partial charge in [0.25, 0.3) is 0 Å². The quantitative estimate of drug-likeness (QED) is 0.675. The Bertz CT molecular complexity index is 905. The van der Waals surface area contributed by atoms with Gasteiger partial charge in [-0.3, -0.25) is 0 Å². The summed E-state index contributed by atoms with van der Waals surface area (Å²) in [4.78, 5) is 9.65. The lowest BCUT2D eigenvalue weighted by atomic mass is 10.0. The molecule has 26 heavy (non-hydrogen) atoms. The third-order valence-electron chi connectivity index (χ3n) is 3.99. The van der Waals surface area contributed by atoms with Crippen molar-refractivity contribution in [3.8, 4) is 34.0 Å². The van der Waals surface area contributed by atoms with Crippen LogP contribution >= 0.6 is 0 Å². The minimum atomic E-state index is 0.194. The molecule has 3 rings (SSSR count). The normalized spacial score (nSPS) is 10.5. The number of nitrogens with zero attached hydrogens (tertiary/aromatic N) is 2. The Labute approximate surface area is 152 Å². The van der Waals surface area contributed by atoms with Crippen molar-refractivity contribution in [3.63, 3.8) is 0 Å². The maximum atomic E-state index is 9.55. The molecule has 2 N–H and O–H groups in total. The molecule has 4 heteroatoms. The smallest absolute Gasteiger partial charge is 0.115 e. The summed E-state index contributed by atoms with van der Waals surface area (Å²) >= 11 is 0. The van der Waals surface area contributed by atoms with Crippen molar-refractivity contribution in [2.24, 2.45) is 0 Å². The number of phenols is 2. The largest absolute Gasteiger partial charge is 0.508 e. The van der Waals surface area contributed by atoms with Crippen LogP contribution in [0.2, 0.25) is 0 Å². The van der Waals surface area contributed by atoms with Gasteiger partial charge in [0.15, 0.2) is 0 Å². The molecule has 4 nitrogen and oxygen atoms in total. The molecule has 0 unspecified atom stereocenters. The third-order valence-corrected chi connectivity index (χ3v) is 3.99. The second-order valence-corrected chi connectivity index (χ2v) is 6.27. The highest BCUT2D eigenvalue weighted by molar-refractivity contribution is 5.82. The SMILES string of the molecule is C=C(C)c1nc(-c2ccc(O)cc2)c(C(=C)C)nc1-c1ccc(O)cc1. The first-order valence-electron chi connectivity index (χ1n) is 8.19. The molecule has 0 aliphatic rings. The molecule has 0 bridgehead atoms. The standard InChI is InChI=1S/C22H20N2O2/c1-13(2)19-21(15-5-9-17(25)10-6-15)24-20(14(3)4)22(23-19)16-7-11-18(26)12-8-16/h5-12,25-26H,1,3H2,2,4H3. The van der Waals surface area contributed by atoms with Crippen LogP contribution in [0.3, 0.4) is 0 Å². The van der Waals surface area contributed by atoms with Crippen LogP contribution in [0.4, 0.5) is 0 Å². The minimum Gasteiger partial charge on any atom is -0.508 e. The van der Waals surface area contributed by atoms with Crippen molar-refractivity contribution < 1.29 is 10.2 Å². The van der Waals surface area contributed by atoms with Crippen molar-refractivity contribution in [3.05, 3.63) is 73.1 Å². The fraction of sp³-hybridized carbons (Fsp3) is 0.0909. The first kappa shape index (κ1) is 17.4. The summed E-state index contributed by atoms with van der Waals surface area (Å²) in [6, 6.07) is 13.7. The molecule has 0 atom stereocenters. The number of phenolic OH excluding ortho intramolecular Hbond substituents is 2. The van der Waals surface area contributed by atoms with Gasteiger partial charge >= 0.3 is 0 Å². The zero-order chi connectivity index (χ0) is 18.8. The average Bonchev–Trinajstić information content (AvgIpc) is 2.62. The Morgan fingerprint density at radius 1 is 0.654 bits per heavy atom. The van der Waals surface area contributed by atoms with Gasteiger partial charge in [-0.25, -0.2) is 9.97 Å². The fourth-order valence-electron chi connectivity index (χ4n) is 2.67. The van der Waals surface area contributed by atoms with Gasteiger partial charge in [0, 0.05) is 11.1 Å². The van der Waals surface area contributed by atoms with Gasteiger partial charge in [0.1, 0.15) is 11.5 Å². The molecule has 0 amide bonds. The topological polar surface area (TPSA) is 66.2 Å². The van der Waals surface area contributed by atoms with E-state index in [1.165, 1.54) is 0 Å². The van der Waals surface area contributed by atoms with Crippen molar-refractivity contribution in [1.29, 1.82) is 0 Å².